The standard InChI is InChI=1S/C10H11F2NO6S/c1-10(2,19-20(3,16)17)18-9-7(13(14)15)5-4-6(11)8(9)12/h4-5H,1-3H3. The lowest BCUT2D eigenvalue weighted by atomic mass is 10.2. The Morgan fingerprint density at radius 2 is 1.85 bits per heavy atom. The molecule has 0 bridgehead atoms. The zero-order valence-corrected chi connectivity index (χ0v) is 11.5. The first-order valence-corrected chi connectivity index (χ1v) is 6.96. The van der Waals surface area contributed by atoms with Crippen LogP contribution in [0.15, 0.2) is 12.1 Å². The van der Waals surface area contributed by atoms with E-state index in [1.165, 1.54) is 0 Å². The van der Waals surface area contributed by atoms with Crippen LogP contribution in [-0.4, -0.2) is 25.4 Å². The summed E-state index contributed by atoms with van der Waals surface area (Å²) in [6.07, 6.45) is 0.717. The van der Waals surface area contributed by atoms with E-state index in [0.29, 0.717) is 18.4 Å². The van der Waals surface area contributed by atoms with E-state index in [9.17, 15) is 27.3 Å². The molecule has 0 aromatic heterocycles. The summed E-state index contributed by atoms with van der Waals surface area (Å²) < 4.78 is 58.0. The lowest BCUT2D eigenvalue weighted by molar-refractivity contribution is -0.386. The normalized spacial score (nSPS) is 12.2. The summed E-state index contributed by atoms with van der Waals surface area (Å²) in [4.78, 5) is 9.74. The van der Waals surface area contributed by atoms with Gasteiger partial charge in [-0.15, -0.1) is 0 Å². The Morgan fingerprint density at radius 1 is 1.30 bits per heavy atom. The number of rotatable bonds is 5. The van der Waals surface area contributed by atoms with Crippen LogP contribution < -0.4 is 4.74 Å². The van der Waals surface area contributed by atoms with Crippen molar-refractivity contribution in [3.63, 3.8) is 0 Å². The van der Waals surface area contributed by atoms with Crippen LogP contribution in [0.25, 0.3) is 0 Å². The molecule has 0 amide bonds. The Balaban J connectivity index is 3.26. The molecule has 0 unspecified atom stereocenters. The maximum atomic E-state index is 13.6. The summed E-state index contributed by atoms with van der Waals surface area (Å²) in [5.74, 6) is -5.97. The number of nitro benzene ring substituents is 1. The van der Waals surface area contributed by atoms with Gasteiger partial charge in [-0.05, 0) is 6.07 Å². The lowest BCUT2D eigenvalue weighted by Gasteiger charge is -2.24. The molecule has 0 saturated heterocycles. The van der Waals surface area contributed by atoms with E-state index >= 15 is 0 Å². The second-order valence-corrected chi connectivity index (χ2v) is 5.83. The first-order valence-electron chi connectivity index (χ1n) is 5.15. The SMILES string of the molecule is CC(C)(Oc1c([N+](=O)[O-])ccc(F)c1F)OS(C)(=O)=O. The van der Waals surface area contributed by atoms with Crippen LogP contribution in [-0.2, 0) is 14.3 Å². The fourth-order valence-electron chi connectivity index (χ4n) is 1.39. The molecule has 10 heteroatoms. The Hall–Kier alpha value is -1.81. The van der Waals surface area contributed by atoms with Crippen molar-refractivity contribution in [3.05, 3.63) is 33.9 Å². The summed E-state index contributed by atoms with van der Waals surface area (Å²) in [5, 5.41) is 10.7. The molecular formula is C10H11F2NO6S. The quantitative estimate of drug-likeness (QED) is 0.357. The minimum atomic E-state index is -3.97. The van der Waals surface area contributed by atoms with Crippen molar-refractivity contribution in [3.8, 4) is 5.75 Å². The van der Waals surface area contributed by atoms with Crippen LogP contribution in [0, 0.1) is 21.7 Å². The van der Waals surface area contributed by atoms with Crippen molar-refractivity contribution < 1.29 is 31.0 Å². The molecule has 0 radical (unpaired) electrons. The van der Waals surface area contributed by atoms with Crippen molar-refractivity contribution in [2.75, 3.05) is 6.26 Å². The minimum absolute atomic E-state index is 0.560. The van der Waals surface area contributed by atoms with Gasteiger partial charge in [0.1, 0.15) is 0 Å². The van der Waals surface area contributed by atoms with E-state index < -0.39 is 43.9 Å². The highest BCUT2D eigenvalue weighted by atomic mass is 32.2. The number of benzene rings is 1. The first kappa shape index (κ1) is 16.2. The number of hydrogen-bond donors (Lipinski definition) is 0. The van der Waals surface area contributed by atoms with Crippen molar-refractivity contribution in [1.29, 1.82) is 0 Å². The molecule has 0 heterocycles. The number of nitrogens with zero attached hydrogens (tertiary/aromatic N) is 1. The number of halogens is 2. The van der Waals surface area contributed by atoms with Gasteiger partial charge in [0.2, 0.25) is 17.4 Å². The van der Waals surface area contributed by atoms with E-state index in [-0.39, 0.29) is 0 Å². The molecule has 1 aromatic rings. The fourth-order valence-corrected chi connectivity index (χ4v) is 2.15. The van der Waals surface area contributed by atoms with E-state index in [4.69, 9.17) is 4.74 Å². The molecule has 0 aliphatic rings. The van der Waals surface area contributed by atoms with Gasteiger partial charge in [-0.1, -0.05) is 0 Å². The Bertz CT molecular complexity index is 643. The van der Waals surface area contributed by atoms with Crippen LogP contribution >= 0.6 is 0 Å². The summed E-state index contributed by atoms with van der Waals surface area (Å²) >= 11 is 0. The summed E-state index contributed by atoms with van der Waals surface area (Å²) in [6, 6.07) is 1.26. The third-order valence-corrected chi connectivity index (χ3v) is 2.63. The molecule has 7 nitrogen and oxygen atoms in total. The van der Waals surface area contributed by atoms with Gasteiger partial charge in [-0.3, -0.25) is 10.1 Å². The van der Waals surface area contributed by atoms with Gasteiger partial charge in [-0.2, -0.15) is 12.8 Å². The largest absolute Gasteiger partial charge is 0.451 e. The third kappa shape index (κ3) is 4.10. The van der Waals surface area contributed by atoms with Gasteiger partial charge in [0, 0.05) is 19.9 Å². The second kappa shape index (κ2) is 5.29. The topological polar surface area (TPSA) is 95.7 Å². The Morgan fingerprint density at radius 3 is 2.30 bits per heavy atom. The molecule has 0 atom stereocenters. The molecule has 112 valence electrons. The van der Waals surface area contributed by atoms with Crippen LogP contribution in [0.1, 0.15) is 13.8 Å². The Kier molecular flexibility index (Phi) is 4.30. The van der Waals surface area contributed by atoms with Gasteiger partial charge in [-0.25, -0.2) is 8.57 Å². The maximum Gasteiger partial charge on any atom is 0.314 e. The summed E-state index contributed by atoms with van der Waals surface area (Å²) in [5.41, 5.74) is -0.853. The molecule has 1 aromatic carbocycles. The van der Waals surface area contributed by atoms with Crippen molar-refractivity contribution in [2.24, 2.45) is 0 Å². The maximum absolute atomic E-state index is 13.6. The van der Waals surface area contributed by atoms with Gasteiger partial charge >= 0.3 is 5.69 Å². The van der Waals surface area contributed by atoms with Gasteiger partial charge in [0.15, 0.2) is 5.82 Å². The zero-order chi connectivity index (χ0) is 15.7. The van der Waals surface area contributed by atoms with Crippen molar-refractivity contribution >= 4 is 15.8 Å². The number of hydrogen-bond acceptors (Lipinski definition) is 6. The molecule has 0 aliphatic heterocycles. The zero-order valence-electron chi connectivity index (χ0n) is 10.7. The van der Waals surface area contributed by atoms with Crippen LogP contribution in [0.4, 0.5) is 14.5 Å². The molecule has 0 fully saturated rings. The average Bonchev–Trinajstić information content (AvgIpc) is 2.20. The van der Waals surface area contributed by atoms with Gasteiger partial charge in [0.05, 0.1) is 11.2 Å². The number of nitro groups is 1. The Labute approximate surface area is 113 Å². The van der Waals surface area contributed by atoms with E-state index in [0.717, 1.165) is 13.8 Å². The van der Waals surface area contributed by atoms with E-state index in [1.807, 2.05) is 0 Å². The average molecular weight is 311 g/mol. The molecule has 0 spiro atoms. The highest BCUT2D eigenvalue weighted by Gasteiger charge is 2.32. The summed E-state index contributed by atoms with van der Waals surface area (Å²) in [6.45, 7) is 2.17. The van der Waals surface area contributed by atoms with E-state index in [2.05, 4.69) is 4.18 Å². The number of ether oxygens (including phenoxy) is 1. The smallest absolute Gasteiger partial charge is 0.314 e. The molecule has 0 saturated carbocycles. The van der Waals surface area contributed by atoms with Gasteiger partial charge in [0.25, 0.3) is 10.1 Å². The third-order valence-electron chi connectivity index (χ3n) is 1.93. The minimum Gasteiger partial charge on any atom is -0.451 e. The van der Waals surface area contributed by atoms with Crippen LogP contribution in [0.5, 0.6) is 5.75 Å². The van der Waals surface area contributed by atoms with E-state index in [1.54, 1.807) is 0 Å². The highest BCUT2D eigenvalue weighted by molar-refractivity contribution is 7.86. The summed E-state index contributed by atoms with van der Waals surface area (Å²) in [7, 11) is -3.97. The van der Waals surface area contributed by atoms with Gasteiger partial charge < -0.3 is 4.74 Å². The molecule has 1 rings (SSSR count). The van der Waals surface area contributed by atoms with Crippen LogP contribution in [0.2, 0.25) is 0 Å². The predicted molar refractivity (Wildman–Crippen MR) is 63.6 cm³/mol. The van der Waals surface area contributed by atoms with Crippen LogP contribution in [0.3, 0.4) is 0 Å². The fraction of sp³-hybridized carbons (Fsp3) is 0.400. The lowest BCUT2D eigenvalue weighted by Crippen LogP contribution is -2.34. The predicted octanol–water partition coefficient (Wildman–Crippen LogP) is 1.96. The van der Waals surface area contributed by atoms with Crippen molar-refractivity contribution in [2.45, 2.75) is 19.6 Å². The highest BCUT2D eigenvalue weighted by Crippen LogP contribution is 2.34. The molecule has 0 aliphatic carbocycles. The molecular weight excluding hydrogens is 300 g/mol. The monoisotopic (exact) mass is 311 g/mol. The second-order valence-electron chi connectivity index (χ2n) is 4.26. The van der Waals surface area contributed by atoms with Crippen molar-refractivity contribution in [1.82, 2.24) is 0 Å². The molecule has 20 heavy (non-hydrogen) atoms. The first-order chi connectivity index (χ1) is 8.93. The molecule has 0 N–H and O–H groups in total.